The van der Waals surface area contributed by atoms with Crippen molar-refractivity contribution in [2.24, 2.45) is 5.92 Å². The molecule has 0 aromatic heterocycles. The van der Waals surface area contributed by atoms with E-state index in [0.717, 1.165) is 24.8 Å². The van der Waals surface area contributed by atoms with Gasteiger partial charge in [0, 0.05) is 0 Å². The van der Waals surface area contributed by atoms with Crippen LogP contribution in [-0.2, 0) is 12.8 Å². The van der Waals surface area contributed by atoms with Crippen molar-refractivity contribution in [3.8, 4) is 11.8 Å². The molecule has 0 saturated carbocycles. The first-order valence-corrected chi connectivity index (χ1v) is 5.71. The first-order chi connectivity index (χ1) is 8.50. The normalized spacial score (nSPS) is 15.9. The number of aryl methyl sites for hydroxylation is 2. The van der Waals surface area contributed by atoms with E-state index in [1.54, 1.807) is 12.1 Å². The lowest BCUT2D eigenvalue weighted by atomic mass is 10.1. The predicted molar refractivity (Wildman–Crippen MR) is 59.1 cm³/mol. The summed E-state index contributed by atoms with van der Waals surface area (Å²) < 4.78 is 42.1. The largest absolute Gasteiger partial charge is 0.492 e. The third kappa shape index (κ3) is 2.76. The van der Waals surface area contributed by atoms with Crippen LogP contribution in [0.15, 0.2) is 18.2 Å². The smallest absolute Gasteiger partial charge is 0.407 e. The van der Waals surface area contributed by atoms with Crippen LogP contribution in [0.25, 0.3) is 0 Å². The zero-order chi connectivity index (χ0) is 13.2. The number of fused-ring (bicyclic) bond motifs is 1. The molecule has 0 spiro atoms. The topological polar surface area (TPSA) is 33.0 Å². The van der Waals surface area contributed by atoms with Gasteiger partial charge in [-0.05, 0) is 42.5 Å². The van der Waals surface area contributed by atoms with Crippen LogP contribution in [0.1, 0.15) is 17.5 Å². The molecule has 0 amide bonds. The Kier molecular flexibility index (Phi) is 3.46. The molecule has 0 fully saturated rings. The van der Waals surface area contributed by atoms with E-state index in [9.17, 15) is 13.2 Å². The summed E-state index contributed by atoms with van der Waals surface area (Å²) >= 11 is 0. The number of hydrogen-bond acceptors (Lipinski definition) is 2. The highest BCUT2D eigenvalue weighted by molar-refractivity contribution is 5.38. The van der Waals surface area contributed by atoms with Crippen LogP contribution in [0.2, 0.25) is 0 Å². The molecule has 2 rings (SSSR count). The number of rotatable bonds is 3. The highest BCUT2D eigenvalue weighted by Gasteiger charge is 2.40. The van der Waals surface area contributed by atoms with E-state index in [1.165, 1.54) is 11.6 Å². The average molecular weight is 255 g/mol. The Morgan fingerprint density at radius 3 is 2.67 bits per heavy atom. The van der Waals surface area contributed by atoms with Gasteiger partial charge in [0.25, 0.3) is 0 Å². The number of ether oxygens (including phenoxy) is 1. The molecule has 1 aromatic rings. The lowest BCUT2D eigenvalue weighted by Gasteiger charge is -2.14. The summed E-state index contributed by atoms with van der Waals surface area (Å²) in [5, 5.41) is 8.44. The molecule has 0 aliphatic heterocycles. The Morgan fingerprint density at radius 2 is 2.00 bits per heavy atom. The molecule has 0 radical (unpaired) electrons. The molecule has 2 nitrogen and oxygen atoms in total. The molecule has 18 heavy (non-hydrogen) atoms. The van der Waals surface area contributed by atoms with Gasteiger partial charge in [-0.3, -0.25) is 0 Å². The summed E-state index contributed by atoms with van der Waals surface area (Å²) in [5.74, 6) is -1.68. The Hall–Kier alpha value is -1.70. The fraction of sp³-hybridized carbons (Fsp3) is 0.462. The first kappa shape index (κ1) is 12.7. The zero-order valence-electron chi connectivity index (χ0n) is 9.63. The van der Waals surface area contributed by atoms with Crippen LogP contribution < -0.4 is 4.74 Å². The van der Waals surface area contributed by atoms with Crippen molar-refractivity contribution in [2.45, 2.75) is 25.4 Å². The van der Waals surface area contributed by atoms with Crippen LogP contribution in [-0.4, -0.2) is 12.8 Å². The second-order valence-electron chi connectivity index (χ2n) is 4.32. The molecule has 0 bridgehead atoms. The number of benzene rings is 1. The summed E-state index contributed by atoms with van der Waals surface area (Å²) in [6, 6.07) is 6.53. The second-order valence-corrected chi connectivity index (χ2v) is 4.32. The van der Waals surface area contributed by atoms with Crippen molar-refractivity contribution in [2.75, 3.05) is 6.61 Å². The van der Waals surface area contributed by atoms with Crippen LogP contribution in [0.4, 0.5) is 13.2 Å². The molecule has 1 aromatic carbocycles. The monoisotopic (exact) mass is 255 g/mol. The maximum atomic E-state index is 12.3. The maximum Gasteiger partial charge on any atom is 0.407 e. The van der Waals surface area contributed by atoms with E-state index in [2.05, 4.69) is 0 Å². The molecular weight excluding hydrogens is 243 g/mol. The average Bonchev–Trinajstić information content (AvgIpc) is 2.75. The Morgan fingerprint density at radius 1 is 1.28 bits per heavy atom. The van der Waals surface area contributed by atoms with E-state index in [-0.39, 0.29) is 0 Å². The molecule has 1 aliphatic rings. The van der Waals surface area contributed by atoms with Crippen molar-refractivity contribution in [3.63, 3.8) is 0 Å². The Labute approximate surface area is 103 Å². The minimum absolute atomic E-state index is 0.403. The Balaban J connectivity index is 2.00. The van der Waals surface area contributed by atoms with Crippen molar-refractivity contribution >= 4 is 0 Å². The van der Waals surface area contributed by atoms with Gasteiger partial charge in [-0.2, -0.15) is 18.4 Å². The third-order valence-electron chi connectivity index (χ3n) is 3.04. The minimum atomic E-state index is -4.54. The van der Waals surface area contributed by atoms with Gasteiger partial charge < -0.3 is 4.74 Å². The minimum Gasteiger partial charge on any atom is -0.492 e. The fourth-order valence-electron chi connectivity index (χ4n) is 2.02. The molecule has 0 heterocycles. The maximum absolute atomic E-state index is 12.3. The van der Waals surface area contributed by atoms with Crippen molar-refractivity contribution in [1.82, 2.24) is 0 Å². The first-order valence-electron chi connectivity index (χ1n) is 5.71. The van der Waals surface area contributed by atoms with Gasteiger partial charge in [0.1, 0.15) is 12.4 Å². The number of nitriles is 1. The predicted octanol–water partition coefficient (Wildman–Crippen LogP) is 3.26. The van der Waals surface area contributed by atoms with Crippen LogP contribution >= 0.6 is 0 Å². The van der Waals surface area contributed by atoms with Crippen molar-refractivity contribution in [1.29, 1.82) is 5.26 Å². The number of alkyl halides is 3. The molecule has 1 unspecified atom stereocenters. The number of nitrogens with zero attached hydrogens (tertiary/aromatic N) is 1. The SMILES string of the molecule is N#CC(COc1ccc2c(c1)CCC2)C(F)(F)F. The van der Waals surface area contributed by atoms with Gasteiger partial charge in [-0.15, -0.1) is 0 Å². The second kappa shape index (κ2) is 4.89. The van der Waals surface area contributed by atoms with Crippen LogP contribution in [0.5, 0.6) is 5.75 Å². The lowest BCUT2D eigenvalue weighted by molar-refractivity contribution is -0.165. The fourth-order valence-corrected chi connectivity index (χ4v) is 2.02. The molecule has 1 atom stereocenters. The van der Waals surface area contributed by atoms with Gasteiger partial charge in [-0.25, -0.2) is 0 Å². The summed E-state index contributed by atoms with van der Waals surface area (Å²) in [4.78, 5) is 0. The van der Waals surface area contributed by atoms with E-state index in [1.807, 2.05) is 6.07 Å². The zero-order valence-corrected chi connectivity index (χ0v) is 9.63. The highest BCUT2D eigenvalue weighted by atomic mass is 19.4. The lowest BCUT2D eigenvalue weighted by Crippen LogP contribution is -2.27. The molecule has 0 saturated heterocycles. The van der Waals surface area contributed by atoms with Crippen LogP contribution in [0.3, 0.4) is 0 Å². The number of halogens is 3. The van der Waals surface area contributed by atoms with Gasteiger partial charge in [0.05, 0.1) is 6.07 Å². The molecule has 96 valence electrons. The molecular formula is C13H12F3NO. The van der Waals surface area contributed by atoms with Gasteiger partial charge in [0.2, 0.25) is 0 Å². The van der Waals surface area contributed by atoms with E-state index < -0.39 is 18.7 Å². The highest BCUT2D eigenvalue weighted by Crippen LogP contribution is 2.29. The quantitative estimate of drug-likeness (QED) is 0.830. The van der Waals surface area contributed by atoms with Crippen LogP contribution in [0, 0.1) is 17.2 Å². The van der Waals surface area contributed by atoms with Crippen molar-refractivity contribution in [3.05, 3.63) is 29.3 Å². The summed E-state index contributed by atoms with van der Waals surface area (Å²) in [6.07, 6.45) is -1.51. The molecule has 0 N–H and O–H groups in total. The summed E-state index contributed by atoms with van der Waals surface area (Å²) in [7, 11) is 0. The molecule has 5 heteroatoms. The van der Waals surface area contributed by atoms with E-state index in [0.29, 0.717) is 5.75 Å². The van der Waals surface area contributed by atoms with Gasteiger partial charge >= 0.3 is 6.18 Å². The Bertz CT molecular complexity index is 476. The summed E-state index contributed by atoms with van der Waals surface area (Å²) in [5.41, 5.74) is 2.36. The van der Waals surface area contributed by atoms with Crippen molar-refractivity contribution < 1.29 is 17.9 Å². The summed E-state index contributed by atoms with van der Waals surface area (Å²) in [6.45, 7) is -0.654. The molecule has 1 aliphatic carbocycles. The van der Waals surface area contributed by atoms with Gasteiger partial charge in [0.15, 0.2) is 5.92 Å². The van der Waals surface area contributed by atoms with E-state index >= 15 is 0 Å². The third-order valence-corrected chi connectivity index (χ3v) is 3.04. The van der Waals surface area contributed by atoms with E-state index in [4.69, 9.17) is 10.00 Å². The standard InChI is InChI=1S/C13H12F3NO/c14-13(15,16)11(7-17)8-18-12-5-4-9-2-1-3-10(9)6-12/h4-6,11H,1-3,8H2. The van der Waals surface area contributed by atoms with Gasteiger partial charge in [-0.1, -0.05) is 6.07 Å². The number of hydrogen-bond donors (Lipinski definition) is 0.